The van der Waals surface area contributed by atoms with Crippen LogP contribution in [0, 0.1) is 22.0 Å². The molecule has 9 heteroatoms. The van der Waals surface area contributed by atoms with Gasteiger partial charge in [0.25, 0.3) is 5.69 Å². The lowest BCUT2D eigenvalue weighted by atomic mass is 10.1. The number of carbonyl (C=O) groups is 1. The Morgan fingerprint density at radius 3 is 2.85 bits per heavy atom. The van der Waals surface area contributed by atoms with Gasteiger partial charge in [-0.1, -0.05) is 5.92 Å². The summed E-state index contributed by atoms with van der Waals surface area (Å²) in [5, 5.41) is 11.5. The van der Waals surface area contributed by atoms with Gasteiger partial charge in [0, 0.05) is 41.5 Å². The molecule has 0 aliphatic carbocycles. The predicted molar refractivity (Wildman–Crippen MR) is 98.5 cm³/mol. The van der Waals surface area contributed by atoms with E-state index in [4.69, 9.17) is 5.73 Å². The fourth-order valence-corrected chi connectivity index (χ4v) is 3.72. The number of aliphatic imine (C=N–C) groups is 1. The Kier molecular flexibility index (Phi) is 4.69. The molecule has 8 nitrogen and oxygen atoms in total. The fourth-order valence-electron chi connectivity index (χ4n) is 2.57. The first kappa shape index (κ1) is 17.6. The SMILES string of the molecule is CC#Cc1cncc(-c2sc([C@@H]3CC(=O)N(C)C(N)=N3)cc2[N+](=O)[O-])c1. The molecule has 0 aromatic carbocycles. The standard InChI is InChI=1S/C17H15N5O3S/c1-3-4-10-5-11(9-19-8-10)16-13(22(24)25)7-14(26-16)12-6-15(23)21(2)17(18)20-12/h5,7-9,12H,6H2,1-2H3,(H2,18,20)/t12-/m0/s1. The Labute approximate surface area is 153 Å². The largest absolute Gasteiger partial charge is 0.369 e. The molecule has 0 fully saturated rings. The molecule has 1 atom stereocenters. The maximum Gasteiger partial charge on any atom is 0.288 e. The molecule has 1 aliphatic heterocycles. The molecule has 132 valence electrons. The summed E-state index contributed by atoms with van der Waals surface area (Å²) in [6, 6.07) is 2.68. The molecule has 26 heavy (non-hydrogen) atoms. The number of nitrogens with zero attached hydrogens (tertiary/aromatic N) is 4. The monoisotopic (exact) mass is 369 g/mol. The Balaban J connectivity index is 2.08. The minimum Gasteiger partial charge on any atom is -0.369 e. The van der Waals surface area contributed by atoms with E-state index in [1.165, 1.54) is 22.3 Å². The van der Waals surface area contributed by atoms with Crippen molar-refractivity contribution in [2.24, 2.45) is 10.7 Å². The van der Waals surface area contributed by atoms with Crippen LogP contribution in [-0.2, 0) is 4.79 Å². The van der Waals surface area contributed by atoms with Crippen molar-refractivity contribution < 1.29 is 9.72 Å². The molecule has 0 radical (unpaired) electrons. The Morgan fingerprint density at radius 1 is 1.42 bits per heavy atom. The van der Waals surface area contributed by atoms with Crippen LogP contribution in [0.2, 0.25) is 0 Å². The third kappa shape index (κ3) is 3.27. The van der Waals surface area contributed by atoms with Gasteiger partial charge in [0.1, 0.15) is 4.88 Å². The zero-order valence-corrected chi connectivity index (χ0v) is 14.9. The average molecular weight is 369 g/mol. The van der Waals surface area contributed by atoms with E-state index >= 15 is 0 Å². The van der Waals surface area contributed by atoms with E-state index in [9.17, 15) is 14.9 Å². The van der Waals surface area contributed by atoms with Crippen LogP contribution in [0.1, 0.15) is 29.8 Å². The number of guanidine groups is 1. The number of nitrogens with two attached hydrogens (primary N) is 1. The van der Waals surface area contributed by atoms with Crippen LogP contribution in [0.5, 0.6) is 0 Å². The van der Waals surface area contributed by atoms with Gasteiger partial charge in [-0.3, -0.25) is 24.8 Å². The van der Waals surface area contributed by atoms with Gasteiger partial charge in [0.2, 0.25) is 5.91 Å². The van der Waals surface area contributed by atoms with Crippen LogP contribution in [0.3, 0.4) is 0 Å². The number of hydrogen-bond acceptors (Lipinski definition) is 7. The summed E-state index contributed by atoms with van der Waals surface area (Å²) in [6.07, 6.45) is 3.27. The van der Waals surface area contributed by atoms with Crippen LogP contribution in [-0.4, -0.2) is 33.7 Å². The van der Waals surface area contributed by atoms with E-state index in [0.717, 1.165) is 0 Å². The van der Waals surface area contributed by atoms with Gasteiger partial charge < -0.3 is 5.73 Å². The van der Waals surface area contributed by atoms with Crippen molar-refractivity contribution in [1.29, 1.82) is 0 Å². The van der Waals surface area contributed by atoms with Gasteiger partial charge in [0.15, 0.2) is 5.96 Å². The van der Waals surface area contributed by atoms with Crippen LogP contribution in [0.25, 0.3) is 10.4 Å². The van der Waals surface area contributed by atoms with E-state index in [-0.39, 0.29) is 24.0 Å². The maximum atomic E-state index is 12.0. The van der Waals surface area contributed by atoms with Crippen molar-refractivity contribution in [2.75, 3.05) is 7.05 Å². The predicted octanol–water partition coefficient (Wildman–Crippen LogP) is 2.31. The number of nitro groups is 1. The van der Waals surface area contributed by atoms with Crippen LogP contribution in [0.4, 0.5) is 5.69 Å². The first-order valence-electron chi connectivity index (χ1n) is 7.66. The fraction of sp³-hybridized carbons (Fsp3) is 0.235. The summed E-state index contributed by atoms with van der Waals surface area (Å²) in [6.45, 7) is 1.71. The molecular formula is C17H15N5O3S. The number of thiophene rings is 1. The van der Waals surface area contributed by atoms with Gasteiger partial charge in [-0.05, 0) is 13.0 Å². The van der Waals surface area contributed by atoms with Crippen LogP contribution in [0.15, 0.2) is 29.5 Å². The number of carbonyl (C=O) groups excluding carboxylic acids is 1. The summed E-state index contributed by atoms with van der Waals surface area (Å²) in [5.74, 6) is 5.59. The highest BCUT2D eigenvalue weighted by Gasteiger charge is 2.30. The molecule has 2 aromatic rings. The Bertz CT molecular complexity index is 986. The number of hydrogen-bond donors (Lipinski definition) is 1. The quantitative estimate of drug-likeness (QED) is 0.506. The first-order valence-corrected chi connectivity index (χ1v) is 8.48. The molecule has 0 spiro atoms. The summed E-state index contributed by atoms with van der Waals surface area (Å²) < 4.78 is 0. The number of rotatable bonds is 3. The summed E-state index contributed by atoms with van der Waals surface area (Å²) in [5.41, 5.74) is 6.99. The molecule has 1 aliphatic rings. The highest BCUT2D eigenvalue weighted by molar-refractivity contribution is 7.16. The van der Waals surface area contributed by atoms with Crippen molar-refractivity contribution in [3.63, 3.8) is 0 Å². The molecule has 3 rings (SSSR count). The normalized spacial score (nSPS) is 16.7. The molecule has 0 saturated heterocycles. The maximum absolute atomic E-state index is 12.0. The average Bonchev–Trinajstić information content (AvgIpc) is 3.05. The molecular weight excluding hydrogens is 354 g/mol. The van der Waals surface area contributed by atoms with Crippen LogP contribution >= 0.6 is 11.3 Å². The second-order valence-electron chi connectivity index (χ2n) is 5.62. The van der Waals surface area contributed by atoms with Gasteiger partial charge in [0.05, 0.1) is 17.4 Å². The third-order valence-corrected chi connectivity index (χ3v) is 5.17. The number of pyridine rings is 1. The molecule has 0 saturated carbocycles. The summed E-state index contributed by atoms with van der Waals surface area (Å²) in [7, 11) is 1.55. The third-order valence-electron chi connectivity index (χ3n) is 3.90. The van der Waals surface area contributed by atoms with Crippen molar-refractivity contribution in [3.05, 3.63) is 45.1 Å². The topological polar surface area (TPSA) is 115 Å². The Morgan fingerprint density at radius 2 is 2.19 bits per heavy atom. The molecule has 0 unspecified atom stereocenters. The molecule has 2 N–H and O–H groups in total. The zero-order chi connectivity index (χ0) is 18.8. The lowest BCUT2D eigenvalue weighted by Gasteiger charge is -2.24. The minimum absolute atomic E-state index is 0.0476. The first-order chi connectivity index (χ1) is 12.4. The second kappa shape index (κ2) is 6.93. The van der Waals surface area contributed by atoms with Gasteiger partial charge in [-0.15, -0.1) is 17.3 Å². The molecule has 0 bridgehead atoms. The van der Waals surface area contributed by atoms with Crippen molar-refractivity contribution in [2.45, 2.75) is 19.4 Å². The lowest BCUT2D eigenvalue weighted by Crippen LogP contribution is -2.42. The minimum atomic E-state index is -0.525. The number of aromatic nitrogens is 1. The molecule has 3 heterocycles. The molecule has 1 amide bonds. The van der Waals surface area contributed by atoms with Crippen LogP contribution < -0.4 is 5.73 Å². The molecule has 2 aromatic heterocycles. The van der Waals surface area contributed by atoms with E-state index in [2.05, 4.69) is 21.8 Å². The second-order valence-corrected chi connectivity index (χ2v) is 6.70. The number of amides is 1. The Hall–Kier alpha value is -3.25. The summed E-state index contributed by atoms with van der Waals surface area (Å²) in [4.78, 5) is 33.8. The van der Waals surface area contributed by atoms with E-state index in [1.54, 1.807) is 32.4 Å². The zero-order valence-electron chi connectivity index (χ0n) is 14.1. The van der Waals surface area contributed by atoms with Gasteiger partial charge in [-0.25, -0.2) is 4.99 Å². The van der Waals surface area contributed by atoms with Crippen molar-refractivity contribution in [3.8, 4) is 22.3 Å². The lowest BCUT2D eigenvalue weighted by molar-refractivity contribution is -0.383. The van der Waals surface area contributed by atoms with Crippen molar-refractivity contribution >= 4 is 28.9 Å². The highest BCUT2D eigenvalue weighted by Crippen LogP contribution is 2.42. The van der Waals surface area contributed by atoms with Gasteiger partial charge >= 0.3 is 0 Å². The highest BCUT2D eigenvalue weighted by atomic mass is 32.1. The van der Waals surface area contributed by atoms with E-state index in [1.807, 2.05) is 0 Å². The summed E-state index contributed by atoms with van der Waals surface area (Å²) >= 11 is 1.22. The smallest absolute Gasteiger partial charge is 0.288 e. The van der Waals surface area contributed by atoms with Crippen molar-refractivity contribution in [1.82, 2.24) is 9.88 Å². The van der Waals surface area contributed by atoms with E-state index < -0.39 is 11.0 Å². The van der Waals surface area contributed by atoms with Gasteiger partial charge in [-0.2, -0.15) is 0 Å². The van der Waals surface area contributed by atoms with E-state index in [0.29, 0.717) is 20.9 Å².